The quantitative estimate of drug-likeness (QED) is 0.818. The molecule has 2 aromatic rings. The van der Waals surface area contributed by atoms with Crippen molar-refractivity contribution in [2.75, 3.05) is 13.7 Å². The zero-order chi connectivity index (χ0) is 15.1. The molecule has 1 unspecified atom stereocenters. The van der Waals surface area contributed by atoms with Gasteiger partial charge in [-0.15, -0.1) is 0 Å². The summed E-state index contributed by atoms with van der Waals surface area (Å²) in [4.78, 5) is 0. The highest BCUT2D eigenvalue weighted by atomic mass is 16.5. The largest absolute Gasteiger partial charge is 0.497 e. The van der Waals surface area contributed by atoms with E-state index in [1.54, 1.807) is 7.11 Å². The molecule has 0 bridgehead atoms. The Kier molecular flexibility index (Phi) is 5.78. The summed E-state index contributed by atoms with van der Waals surface area (Å²) in [6, 6.07) is 18.3. The number of benzene rings is 2. The Morgan fingerprint density at radius 2 is 1.57 bits per heavy atom. The summed E-state index contributed by atoms with van der Waals surface area (Å²) < 4.78 is 5.19. The maximum Gasteiger partial charge on any atom is 0.118 e. The Balaban J connectivity index is 2.13. The van der Waals surface area contributed by atoms with Gasteiger partial charge in [0, 0.05) is 6.04 Å². The summed E-state index contributed by atoms with van der Waals surface area (Å²) in [5, 5.41) is 13.2. The molecular weight excluding hydrogens is 262 g/mol. The molecule has 2 N–H and O–H groups in total. The van der Waals surface area contributed by atoms with Crippen molar-refractivity contribution in [3.8, 4) is 5.75 Å². The molecule has 0 radical (unpaired) electrons. The van der Waals surface area contributed by atoms with Crippen molar-refractivity contribution < 1.29 is 9.84 Å². The smallest absolute Gasteiger partial charge is 0.118 e. The lowest BCUT2D eigenvalue weighted by molar-refractivity contribution is 0.232. The lowest BCUT2D eigenvalue weighted by Gasteiger charge is -2.24. The van der Waals surface area contributed by atoms with Crippen LogP contribution in [0.3, 0.4) is 0 Å². The highest BCUT2D eigenvalue weighted by Crippen LogP contribution is 2.24. The van der Waals surface area contributed by atoms with Crippen LogP contribution in [0.5, 0.6) is 5.75 Å². The van der Waals surface area contributed by atoms with Gasteiger partial charge in [-0.25, -0.2) is 0 Å². The van der Waals surface area contributed by atoms with Crippen LogP contribution in [0.1, 0.15) is 36.6 Å². The third-order valence-electron chi connectivity index (χ3n) is 3.71. The SMILES string of the molecule is CCC(N[C@@H](CO)c1ccccc1)c1ccc(OC)cc1. The molecule has 0 fully saturated rings. The minimum atomic E-state index is -0.0572. The molecule has 3 nitrogen and oxygen atoms in total. The average Bonchev–Trinajstić information content (AvgIpc) is 2.57. The third-order valence-corrected chi connectivity index (χ3v) is 3.71. The molecule has 21 heavy (non-hydrogen) atoms. The van der Waals surface area contributed by atoms with E-state index in [-0.39, 0.29) is 18.7 Å². The number of aliphatic hydroxyl groups excluding tert-OH is 1. The van der Waals surface area contributed by atoms with Crippen molar-refractivity contribution in [3.63, 3.8) is 0 Å². The Morgan fingerprint density at radius 1 is 0.952 bits per heavy atom. The molecule has 0 aliphatic carbocycles. The molecule has 2 rings (SSSR count). The number of rotatable bonds is 7. The molecule has 0 aromatic heterocycles. The number of hydrogen-bond acceptors (Lipinski definition) is 3. The molecule has 3 heteroatoms. The van der Waals surface area contributed by atoms with Gasteiger partial charge in [-0.1, -0.05) is 49.4 Å². The van der Waals surface area contributed by atoms with Gasteiger partial charge in [0.2, 0.25) is 0 Å². The van der Waals surface area contributed by atoms with E-state index in [0.29, 0.717) is 0 Å². The molecular formula is C18H23NO2. The predicted molar refractivity (Wildman–Crippen MR) is 85.4 cm³/mol. The van der Waals surface area contributed by atoms with Crippen molar-refractivity contribution in [1.82, 2.24) is 5.32 Å². The normalized spacial score (nSPS) is 13.7. The lowest BCUT2D eigenvalue weighted by Crippen LogP contribution is -2.28. The molecule has 0 aliphatic heterocycles. The molecule has 0 aliphatic rings. The Labute approximate surface area is 126 Å². The van der Waals surface area contributed by atoms with Gasteiger partial charge in [0.25, 0.3) is 0 Å². The summed E-state index contributed by atoms with van der Waals surface area (Å²) in [7, 11) is 1.67. The first kappa shape index (κ1) is 15.5. The van der Waals surface area contributed by atoms with Crippen LogP contribution in [0.15, 0.2) is 54.6 Å². The van der Waals surface area contributed by atoms with Gasteiger partial charge in [0.1, 0.15) is 5.75 Å². The first-order valence-electron chi connectivity index (χ1n) is 7.34. The van der Waals surface area contributed by atoms with Gasteiger partial charge in [0.05, 0.1) is 19.8 Å². The molecule has 2 aromatic carbocycles. The predicted octanol–water partition coefficient (Wildman–Crippen LogP) is 3.47. The topological polar surface area (TPSA) is 41.5 Å². The summed E-state index contributed by atoms with van der Waals surface area (Å²) in [6.07, 6.45) is 0.954. The second kappa shape index (κ2) is 7.81. The standard InChI is InChI=1S/C18H23NO2/c1-3-17(15-9-11-16(21-2)12-10-15)19-18(13-20)14-7-5-4-6-8-14/h4-12,17-20H,3,13H2,1-2H3/t17?,18-/m0/s1. The molecule has 0 amide bonds. The summed E-state index contributed by atoms with van der Waals surface area (Å²) in [5.74, 6) is 0.857. The highest BCUT2D eigenvalue weighted by Gasteiger charge is 2.16. The van der Waals surface area contributed by atoms with Crippen LogP contribution in [0.25, 0.3) is 0 Å². The first-order valence-corrected chi connectivity index (χ1v) is 7.34. The van der Waals surface area contributed by atoms with Crippen molar-refractivity contribution in [2.24, 2.45) is 0 Å². The summed E-state index contributed by atoms with van der Waals surface area (Å²) in [6.45, 7) is 2.22. The lowest BCUT2D eigenvalue weighted by atomic mass is 10.0. The fourth-order valence-electron chi connectivity index (χ4n) is 2.47. The second-order valence-corrected chi connectivity index (χ2v) is 5.05. The van der Waals surface area contributed by atoms with Crippen LogP contribution in [0, 0.1) is 0 Å². The average molecular weight is 285 g/mol. The number of aliphatic hydroxyl groups is 1. The number of ether oxygens (including phenoxy) is 1. The van der Waals surface area contributed by atoms with Crippen LogP contribution in [-0.2, 0) is 0 Å². The van der Waals surface area contributed by atoms with Crippen molar-refractivity contribution in [3.05, 3.63) is 65.7 Å². The Bertz CT molecular complexity index is 525. The number of hydrogen-bond donors (Lipinski definition) is 2. The molecule has 0 saturated carbocycles. The maximum absolute atomic E-state index is 9.67. The van der Waals surface area contributed by atoms with Crippen molar-refractivity contribution in [1.29, 1.82) is 0 Å². The van der Waals surface area contributed by atoms with E-state index in [0.717, 1.165) is 17.7 Å². The Morgan fingerprint density at radius 3 is 2.10 bits per heavy atom. The van der Waals surface area contributed by atoms with E-state index in [4.69, 9.17) is 4.74 Å². The maximum atomic E-state index is 9.67. The number of methoxy groups -OCH3 is 1. The van der Waals surface area contributed by atoms with Gasteiger partial charge in [0.15, 0.2) is 0 Å². The summed E-state index contributed by atoms with van der Waals surface area (Å²) in [5.41, 5.74) is 2.31. The molecule has 112 valence electrons. The number of nitrogens with one attached hydrogen (secondary N) is 1. The van der Waals surface area contributed by atoms with E-state index in [2.05, 4.69) is 24.4 Å². The fraction of sp³-hybridized carbons (Fsp3) is 0.333. The van der Waals surface area contributed by atoms with Crippen LogP contribution in [0.2, 0.25) is 0 Å². The van der Waals surface area contributed by atoms with E-state index in [1.165, 1.54) is 5.56 Å². The molecule has 0 heterocycles. The van der Waals surface area contributed by atoms with Crippen molar-refractivity contribution >= 4 is 0 Å². The van der Waals surface area contributed by atoms with E-state index >= 15 is 0 Å². The van der Waals surface area contributed by atoms with Crippen LogP contribution in [-0.4, -0.2) is 18.8 Å². The zero-order valence-corrected chi connectivity index (χ0v) is 12.6. The van der Waals surface area contributed by atoms with Crippen molar-refractivity contribution in [2.45, 2.75) is 25.4 Å². The van der Waals surface area contributed by atoms with Crippen LogP contribution in [0.4, 0.5) is 0 Å². The van der Waals surface area contributed by atoms with Crippen LogP contribution < -0.4 is 10.1 Å². The van der Waals surface area contributed by atoms with Gasteiger partial charge >= 0.3 is 0 Å². The monoisotopic (exact) mass is 285 g/mol. The first-order chi connectivity index (χ1) is 10.3. The van der Waals surface area contributed by atoms with Crippen LogP contribution >= 0.6 is 0 Å². The van der Waals surface area contributed by atoms with Gasteiger partial charge in [-0.2, -0.15) is 0 Å². The molecule has 0 spiro atoms. The minimum absolute atomic E-state index is 0.0572. The zero-order valence-electron chi connectivity index (χ0n) is 12.6. The highest BCUT2D eigenvalue weighted by molar-refractivity contribution is 5.29. The van der Waals surface area contributed by atoms with Gasteiger partial charge in [-0.3, -0.25) is 0 Å². The van der Waals surface area contributed by atoms with E-state index < -0.39 is 0 Å². The van der Waals surface area contributed by atoms with E-state index in [9.17, 15) is 5.11 Å². The Hall–Kier alpha value is -1.84. The fourth-order valence-corrected chi connectivity index (χ4v) is 2.47. The molecule has 0 saturated heterocycles. The second-order valence-electron chi connectivity index (χ2n) is 5.05. The van der Waals surface area contributed by atoms with Gasteiger partial charge < -0.3 is 15.2 Å². The van der Waals surface area contributed by atoms with E-state index in [1.807, 2.05) is 42.5 Å². The minimum Gasteiger partial charge on any atom is -0.497 e. The molecule has 2 atom stereocenters. The van der Waals surface area contributed by atoms with Gasteiger partial charge in [-0.05, 0) is 29.7 Å². The third kappa shape index (κ3) is 4.06. The summed E-state index contributed by atoms with van der Waals surface area (Å²) >= 11 is 0.